The van der Waals surface area contributed by atoms with Crippen LogP contribution in [0.3, 0.4) is 0 Å². The van der Waals surface area contributed by atoms with E-state index in [9.17, 15) is 9.90 Å². The van der Waals surface area contributed by atoms with E-state index in [1.807, 2.05) is 12.1 Å². The Morgan fingerprint density at radius 1 is 1.59 bits per heavy atom. The monoisotopic (exact) mass is 297 g/mol. The van der Waals surface area contributed by atoms with Crippen molar-refractivity contribution in [3.63, 3.8) is 0 Å². The van der Waals surface area contributed by atoms with Crippen molar-refractivity contribution >= 4 is 21.9 Å². The number of carboxylic acids is 1. The zero-order valence-corrected chi connectivity index (χ0v) is 11.3. The molecule has 0 aromatic heterocycles. The maximum absolute atomic E-state index is 11.2. The quantitative estimate of drug-likeness (QED) is 0.882. The lowest BCUT2D eigenvalue weighted by Gasteiger charge is -2.36. The lowest BCUT2D eigenvalue weighted by atomic mass is 9.79. The second kappa shape index (κ2) is 4.78. The zero-order chi connectivity index (χ0) is 12.5. The molecule has 0 amide bonds. The van der Waals surface area contributed by atoms with E-state index in [-0.39, 0.29) is 0 Å². The summed E-state index contributed by atoms with van der Waals surface area (Å²) in [5.74, 6) is -0.452. The van der Waals surface area contributed by atoms with Crippen LogP contribution in [0.25, 0.3) is 0 Å². The minimum absolute atomic E-state index is 0.315. The van der Waals surface area contributed by atoms with Crippen LogP contribution < -0.4 is 5.32 Å². The van der Waals surface area contributed by atoms with Crippen LogP contribution in [-0.4, -0.2) is 23.2 Å². The molecule has 0 radical (unpaired) electrons. The van der Waals surface area contributed by atoms with Crippen LogP contribution >= 0.6 is 15.9 Å². The molecule has 17 heavy (non-hydrogen) atoms. The van der Waals surface area contributed by atoms with Gasteiger partial charge in [0.15, 0.2) is 0 Å². The molecule has 0 bridgehead atoms. The third-order valence-corrected chi connectivity index (χ3v) is 3.95. The highest BCUT2D eigenvalue weighted by atomic mass is 79.9. The summed E-state index contributed by atoms with van der Waals surface area (Å²) in [6, 6.07) is 8.14. The minimum Gasteiger partial charge on any atom is -0.480 e. The number of hydrogen-bond acceptors (Lipinski definition) is 2. The SMILES string of the molecule is CC1(C(=O)O)CC(c2cccc(Br)c2)CCN1. The molecule has 2 unspecified atom stereocenters. The molecule has 0 spiro atoms. The van der Waals surface area contributed by atoms with Crippen LogP contribution in [0.2, 0.25) is 0 Å². The molecule has 2 N–H and O–H groups in total. The number of piperidine rings is 1. The standard InChI is InChI=1S/C13H16BrNO2/c1-13(12(16)17)8-10(5-6-15-13)9-3-2-4-11(14)7-9/h2-4,7,10,15H,5-6,8H2,1H3,(H,16,17). The van der Waals surface area contributed by atoms with Gasteiger partial charge in [-0.1, -0.05) is 28.1 Å². The van der Waals surface area contributed by atoms with E-state index in [1.54, 1.807) is 6.92 Å². The Morgan fingerprint density at radius 2 is 2.35 bits per heavy atom. The molecule has 0 saturated carbocycles. The molecule has 92 valence electrons. The van der Waals surface area contributed by atoms with Gasteiger partial charge in [-0.3, -0.25) is 4.79 Å². The molecular weight excluding hydrogens is 282 g/mol. The van der Waals surface area contributed by atoms with Crippen LogP contribution in [-0.2, 0) is 4.79 Å². The van der Waals surface area contributed by atoms with Crippen LogP contribution in [0.1, 0.15) is 31.2 Å². The van der Waals surface area contributed by atoms with Crippen molar-refractivity contribution in [1.82, 2.24) is 5.32 Å². The molecule has 2 rings (SSSR count). The molecule has 4 heteroatoms. The Labute approximate surface area is 109 Å². The van der Waals surface area contributed by atoms with Gasteiger partial charge in [0.25, 0.3) is 0 Å². The predicted molar refractivity (Wildman–Crippen MR) is 70.2 cm³/mol. The van der Waals surface area contributed by atoms with Gasteiger partial charge >= 0.3 is 5.97 Å². The van der Waals surface area contributed by atoms with Gasteiger partial charge in [-0.15, -0.1) is 0 Å². The number of hydrogen-bond donors (Lipinski definition) is 2. The highest BCUT2D eigenvalue weighted by molar-refractivity contribution is 9.10. The van der Waals surface area contributed by atoms with Gasteiger partial charge in [-0.05, 0) is 49.9 Å². The molecule has 1 fully saturated rings. The Morgan fingerprint density at radius 3 is 3.00 bits per heavy atom. The molecule has 1 aliphatic rings. The molecular formula is C13H16BrNO2. The molecule has 1 heterocycles. The normalized spacial score (nSPS) is 28.9. The number of benzene rings is 1. The van der Waals surface area contributed by atoms with E-state index in [4.69, 9.17) is 0 Å². The van der Waals surface area contributed by atoms with Crippen LogP contribution in [0.15, 0.2) is 28.7 Å². The van der Waals surface area contributed by atoms with E-state index in [0.29, 0.717) is 12.3 Å². The van der Waals surface area contributed by atoms with Gasteiger partial charge in [0.1, 0.15) is 5.54 Å². The number of halogens is 1. The lowest BCUT2D eigenvalue weighted by Crippen LogP contribution is -2.53. The van der Waals surface area contributed by atoms with E-state index in [2.05, 4.69) is 33.4 Å². The number of rotatable bonds is 2. The van der Waals surface area contributed by atoms with Crippen LogP contribution in [0.4, 0.5) is 0 Å². The number of aliphatic carboxylic acids is 1. The predicted octanol–water partition coefficient (Wildman–Crippen LogP) is 2.76. The van der Waals surface area contributed by atoms with E-state index in [0.717, 1.165) is 17.4 Å². The van der Waals surface area contributed by atoms with E-state index in [1.165, 1.54) is 5.56 Å². The lowest BCUT2D eigenvalue weighted by molar-refractivity contribution is -0.145. The highest BCUT2D eigenvalue weighted by Gasteiger charge is 2.38. The van der Waals surface area contributed by atoms with Crippen LogP contribution in [0, 0.1) is 0 Å². The fourth-order valence-electron chi connectivity index (χ4n) is 2.40. The Bertz CT molecular complexity index is 435. The van der Waals surface area contributed by atoms with Gasteiger partial charge < -0.3 is 10.4 Å². The van der Waals surface area contributed by atoms with Gasteiger partial charge in [-0.2, -0.15) is 0 Å². The van der Waals surface area contributed by atoms with Gasteiger partial charge in [0.2, 0.25) is 0 Å². The summed E-state index contributed by atoms with van der Waals surface area (Å²) >= 11 is 3.45. The molecule has 1 aromatic carbocycles. The summed E-state index contributed by atoms with van der Waals surface area (Å²) in [5.41, 5.74) is 0.416. The first kappa shape index (κ1) is 12.6. The first-order valence-electron chi connectivity index (χ1n) is 5.75. The van der Waals surface area contributed by atoms with E-state index < -0.39 is 11.5 Å². The minimum atomic E-state index is -0.800. The van der Waals surface area contributed by atoms with Gasteiger partial charge in [-0.25, -0.2) is 0 Å². The number of carbonyl (C=O) groups is 1. The molecule has 1 saturated heterocycles. The number of nitrogens with one attached hydrogen (secondary N) is 1. The molecule has 1 aromatic rings. The largest absolute Gasteiger partial charge is 0.480 e. The summed E-state index contributed by atoms with van der Waals surface area (Å²) in [6.07, 6.45) is 1.62. The van der Waals surface area contributed by atoms with Crippen molar-refractivity contribution in [2.75, 3.05) is 6.54 Å². The number of carboxylic acid groups (broad SMARTS) is 1. The fraction of sp³-hybridized carbons (Fsp3) is 0.462. The first-order valence-corrected chi connectivity index (χ1v) is 6.54. The Balaban J connectivity index is 2.20. The zero-order valence-electron chi connectivity index (χ0n) is 9.74. The van der Waals surface area contributed by atoms with Crippen molar-refractivity contribution in [2.45, 2.75) is 31.2 Å². The van der Waals surface area contributed by atoms with Crippen molar-refractivity contribution in [3.05, 3.63) is 34.3 Å². The molecule has 1 aliphatic heterocycles. The highest BCUT2D eigenvalue weighted by Crippen LogP contribution is 2.33. The second-order valence-electron chi connectivity index (χ2n) is 4.81. The maximum atomic E-state index is 11.2. The van der Waals surface area contributed by atoms with Crippen molar-refractivity contribution in [3.8, 4) is 0 Å². The maximum Gasteiger partial charge on any atom is 0.323 e. The molecule has 0 aliphatic carbocycles. The topological polar surface area (TPSA) is 49.3 Å². The van der Waals surface area contributed by atoms with Crippen molar-refractivity contribution in [2.24, 2.45) is 0 Å². The van der Waals surface area contributed by atoms with Crippen LogP contribution in [0.5, 0.6) is 0 Å². The van der Waals surface area contributed by atoms with E-state index >= 15 is 0 Å². The van der Waals surface area contributed by atoms with Crippen molar-refractivity contribution < 1.29 is 9.90 Å². The summed E-state index contributed by atoms with van der Waals surface area (Å²) in [7, 11) is 0. The summed E-state index contributed by atoms with van der Waals surface area (Å²) in [5, 5.41) is 12.3. The smallest absolute Gasteiger partial charge is 0.323 e. The Hall–Kier alpha value is -0.870. The van der Waals surface area contributed by atoms with Gasteiger partial charge in [0.05, 0.1) is 0 Å². The first-order chi connectivity index (χ1) is 8.01. The fourth-order valence-corrected chi connectivity index (χ4v) is 2.81. The van der Waals surface area contributed by atoms with Crippen molar-refractivity contribution in [1.29, 1.82) is 0 Å². The summed E-state index contributed by atoms with van der Waals surface area (Å²) in [6.45, 7) is 2.51. The summed E-state index contributed by atoms with van der Waals surface area (Å²) in [4.78, 5) is 11.2. The second-order valence-corrected chi connectivity index (χ2v) is 5.72. The Kier molecular flexibility index (Phi) is 3.54. The average Bonchev–Trinajstić information content (AvgIpc) is 2.29. The molecule has 2 atom stereocenters. The average molecular weight is 298 g/mol. The third-order valence-electron chi connectivity index (χ3n) is 3.45. The molecule has 3 nitrogen and oxygen atoms in total. The third kappa shape index (κ3) is 2.69. The van der Waals surface area contributed by atoms with Gasteiger partial charge in [0, 0.05) is 4.47 Å². The summed E-state index contributed by atoms with van der Waals surface area (Å²) < 4.78 is 1.05.